The molecule has 0 saturated carbocycles. The maximum Gasteiger partial charge on any atom is 0.361 e. The van der Waals surface area contributed by atoms with Gasteiger partial charge in [0, 0.05) is 0 Å². The number of nitrogens with zero attached hydrogens (tertiary/aromatic N) is 1. The quantitative estimate of drug-likeness (QED) is 0.176. The van der Waals surface area contributed by atoms with Gasteiger partial charge < -0.3 is 14.0 Å². The number of allylic oxidation sites excluding steroid dienone is 4. The summed E-state index contributed by atoms with van der Waals surface area (Å²) in [4.78, 5) is 24.3. The molecule has 0 heterocycles. The second-order valence-corrected chi connectivity index (χ2v) is 10.2. The number of esters is 2. The minimum Gasteiger partial charge on any atom is -0.462 e. The summed E-state index contributed by atoms with van der Waals surface area (Å²) in [6, 6.07) is 0. The number of carbonyl (C=O) groups is 2. The molecule has 31 heavy (non-hydrogen) atoms. The lowest BCUT2D eigenvalue weighted by atomic mass is 10.0. The van der Waals surface area contributed by atoms with E-state index in [1.54, 1.807) is 0 Å². The Morgan fingerprint density at radius 3 is 1.39 bits per heavy atom. The predicted molar refractivity (Wildman–Crippen MR) is 129 cm³/mol. The topological polar surface area (TPSA) is 52.6 Å². The van der Waals surface area contributed by atoms with Crippen LogP contribution in [-0.4, -0.2) is 56.8 Å². The highest BCUT2D eigenvalue weighted by Gasteiger charge is 2.25. The number of hydrogen-bond donors (Lipinski definition) is 0. The Morgan fingerprint density at radius 2 is 1.06 bits per heavy atom. The van der Waals surface area contributed by atoms with Gasteiger partial charge in [0.05, 0.1) is 27.3 Å². The van der Waals surface area contributed by atoms with Crippen LogP contribution in [0.2, 0.25) is 0 Å². The van der Waals surface area contributed by atoms with E-state index in [2.05, 4.69) is 53.7 Å². The van der Waals surface area contributed by atoms with Gasteiger partial charge in [0.15, 0.2) is 13.1 Å². The van der Waals surface area contributed by atoms with Crippen LogP contribution >= 0.6 is 0 Å². The summed E-state index contributed by atoms with van der Waals surface area (Å²) in [6.45, 7) is 14.0. The smallest absolute Gasteiger partial charge is 0.361 e. The van der Waals surface area contributed by atoms with Crippen LogP contribution in [-0.2, 0) is 19.1 Å². The van der Waals surface area contributed by atoms with Crippen LogP contribution in [0.25, 0.3) is 0 Å². The van der Waals surface area contributed by atoms with Crippen molar-refractivity contribution in [3.8, 4) is 0 Å². The van der Waals surface area contributed by atoms with Crippen molar-refractivity contribution >= 4 is 11.9 Å². The van der Waals surface area contributed by atoms with Crippen LogP contribution in [0.4, 0.5) is 0 Å². The van der Waals surface area contributed by atoms with Gasteiger partial charge in [0.25, 0.3) is 0 Å². The van der Waals surface area contributed by atoms with Crippen LogP contribution in [0.5, 0.6) is 0 Å². The molecule has 0 aliphatic rings. The van der Waals surface area contributed by atoms with E-state index in [1.165, 1.54) is 11.1 Å². The van der Waals surface area contributed by atoms with E-state index in [4.69, 9.17) is 9.47 Å². The predicted octanol–water partition coefficient (Wildman–Crippen LogP) is 5.69. The molecule has 0 saturated heterocycles. The molecule has 0 N–H and O–H groups in total. The summed E-state index contributed by atoms with van der Waals surface area (Å²) in [5.74, 6) is 0.514. The fourth-order valence-electron chi connectivity index (χ4n) is 3.20. The molecule has 5 heteroatoms. The van der Waals surface area contributed by atoms with E-state index in [1.807, 2.05) is 14.1 Å². The molecule has 0 fully saturated rings. The van der Waals surface area contributed by atoms with Crippen LogP contribution < -0.4 is 0 Å². The Morgan fingerprint density at radius 1 is 0.710 bits per heavy atom. The molecule has 0 aromatic heterocycles. The van der Waals surface area contributed by atoms with Crippen LogP contribution in [0.1, 0.15) is 80.1 Å². The highest BCUT2D eigenvalue weighted by atomic mass is 16.5. The minimum atomic E-state index is -0.262. The first-order chi connectivity index (χ1) is 14.4. The van der Waals surface area contributed by atoms with Crippen molar-refractivity contribution in [2.24, 2.45) is 11.8 Å². The molecule has 180 valence electrons. The number of rotatable bonds is 16. The number of likely N-dealkylation sites (N-methyl/N-ethyl adjacent to an activating group) is 1. The molecule has 5 nitrogen and oxygen atoms in total. The lowest BCUT2D eigenvalue weighted by Gasteiger charge is -2.27. The Bertz CT molecular complexity index is 534. The van der Waals surface area contributed by atoms with E-state index in [0.717, 1.165) is 38.5 Å². The largest absolute Gasteiger partial charge is 0.462 e. The summed E-state index contributed by atoms with van der Waals surface area (Å²) >= 11 is 0. The molecule has 2 atom stereocenters. The van der Waals surface area contributed by atoms with E-state index in [9.17, 15) is 9.59 Å². The van der Waals surface area contributed by atoms with Crippen molar-refractivity contribution in [2.45, 2.75) is 80.1 Å². The first-order valence-electron chi connectivity index (χ1n) is 11.8. The molecule has 0 amide bonds. The van der Waals surface area contributed by atoms with Gasteiger partial charge in [0.2, 0.25) is 0 Å². The number of ether oxygens (including phenoxy) is 2. The second-order valence-electron chi connectivity index (χ2n) is 10.2. The maximum absolute atomic E-state index is 12.2. The highest BCUT2D eigenvalue weighted by molar-refractivity contribution is 5.73. The number of quaternary nitrogens is 1. The van der Waals surface area contributed by atoms with Crippen LogP contribution in [0, 0.1) is 11.8 Å². The van der Waals surface area contributed by atoms with Crippen molar-refractivity contribution < 1.29 is 23.5 Å². The van der Waals surface area contributed by atoms with Gasteiger partial charge in [-0.3, -0.25) is 0 Å². The molecule has 2 unspecified atom stereocenters. The van der Waals surface area contributed by atoms with Gasteiger partial charge in [-0.2, -0.15) is 0 Å². The molecule has 0 rings (SSSR count). The monoisotopic (exact) mass is 438 g/mol. The third-order valence-corrected chi connectivity index (χ3v) is 5.29. The maximum atomic E-state index is 12.2. The van der Waals surface area contributed by atoms with Crippen molar-refractivity contribution in [1.29, 1.82) is 0 Å². The van der Waals surface area contributed by atoms with Gasteiger partial charge in [-0.25, -0.2) is 9.59 Å². The number of carbonyl (C=O) groups excluding carboxylic acids is 2. The van der Waals surface area contributed by atoms with Gasteiger partial charge in [0.1, 0.15) is 0 Å². The Labute approximate surface area is 191 Å². The average Bonchev–Trinajstić information content (AvgIpc) is 2.59. The van der Waals surface area contributed by atoms with Gasteiger partial charge in [-0.05, 0) is 78.1 Å². The zero-order valence-electron chi connectivity index (χ0n) is 21.5. The van der Waals surface area contributed by atoms with Gasteiger partial charge in [-0.1, -0.05) is 37.1 Å². The van der Waals surface area contributed by atoms with Crippen molar-refractivity contribution in [3.05, 3.63) is 23.3 Å². The molecule has 0 aromatic rings. The highest BCUT2D eigenvalue weighted by Crippen LogP contribution is 2.13. The lowest BCUT2D eigenvalue weighted by Crippen LogP contribution is -2.48. The van der Waals surface area contributed by atoms with Gasteiger partial charge in [-0.15, -0.1) is 0 Å². The normalized spacial score (nSPS) is 13.2. The summed E-state index contributed by atoms with van der Waals surface area (Å²) in [7, 11) is 3.71. The number of hydrogen-bond acceptors (Lipinski definition) is 4. The SMILES string of the molecule is CC(C)=CCCC(C)CCOC(=O)C[N+](C)(C)CC(=O)OCCC(C)CCC=C(C)C. The molecule has 0 aromatic carbocycles. The second kappa shape index (κ2) is 16.1. The molecule has 0 aliphatic heterocycles. The van der Waals surface area contributed by atoms with E-state index in [-0.39, 0.29) is 29.5 Å². The molecule has 0 radical (unpaired) electrons. The molecular formula is C26H48NO4+. The van der Waals surface area contributed by atoms with E-state index < -0.39 is 0 Å². The zero-order valence-corrected chi connectivity index (χ0v) is 21.5. The Hall–Kier alpha value is -1.62. The van der Waals surface area contributed by atoms with Crippen molar-refractivity contribution in [3.63, 3.8) is 0 Å². The Kier molecular flexibility index (Phi) is 15.2. The molecule has 0 aliphatic carbocycles. The average molecular weight is 439 g/mol. The van der Waals surface area contributed by atoms with Crippen LogP contribution in [0.15, 0.2) is 23.3 Å². The first kappa shape index (κ1) is 29.4. The van der Waals surface area contributed by atoms with Crippen molar-refractivity contribution in [2.75, 3.05) is 40.4 Å². The summed E-state index contributed by atoms with van der Waals surface area (Å²) in [6.07, 6.45) is 10.6. The molecule has 0 bridgehead atoms. The summed E-state index contributed by atoms with van der Waals surface area (Å²) < 4.78 is 11.0. The molecular weight excluding hydrogens is 390 g/mol. The minimum absolute atomic E-state index is 0.167. The van der Waals surface area contributed by atoms with E-state index in [0.29, 0.717) is 25.0 Å². The lowest BCUT2D eigenvalue weighted by molar-refractivity contribution is -0.875. The standard InChI is InChI=1S/C26H48NO4/c1-21(2)11-9-13-23(5)15-17-30-25(28)19-27(7,8)20-26(29)31-18-16-24(6)14-10-12-22(3)4/h11-12,23-24H,9-10,13-20H2,1-8H3/q+1. The van der Waals surface area contributed by atoms with Crippen molar-refractivity contribution in [1.82, 2.24) is 0 Å². The Balaban J connectivity index is 4.05. The summed E-state index contributed by atoms with van der Waals surface area (Å²) in [5.41, 5.74) is 2.68. The zero-order chi connectivity index (χ0) is 23.9. The fraction of sp³-hybridized carbons (Fsp3) is 0.769. The summed E-state index contributed by atoms with van der Waals surface area (Å²) in [5, 5.41) is 0. The van der Waals surface area contributed by atoms with Gasteiger partial charge >= 0.3 is 11.9 Å². The third kappa shape index (κ3) is 18.8. The van der Waals surface area contributed by atoms with E-state index >= 15 is 0 Å². The third-order valence-electron chi connectivity index (χ3n) is 5.29. The molecule has 0 spiro atoms. The first-order valence-corrected chi connectivity index (χ1v) is 11.8. The fourth-order valence-corrected chi connectivity index (χ4v) is 3.20. The van der Waals surface area contributed by atoms with Crippen LogP contribution in [0.3, 0.4) is 0 Å².